The first-order valence-electron chi connectivity index (χ1n) is 5.20. The van der Waals surface area contributed by atoms with Crippen molar-refractivity contribution < 1.29 is 4.70 Å². The summed E-state index contributed by atoms with van der Waals surface area (Å²) in [5, 5.41) is 0. The van der Waals surface area contributed by atoms with Crippen molar-refractivity contribution in [3.8, 4) is 0 Å². The van der Waals surface area contributed by atoms with Gasteiger partial charge in [-0.1, -0.05) is 18.2 Å². The van der Waals surface area contributed by atoms with Crippen LogP contribution in [0.5, 0.6) is 0 Å². The van der Waals surface area contributed by atoms with Crippen LogP contribution in [0.25, 0.3) is 0 Å². The van der Waals surface area contributed by atoms with Gasteiger partial charge in [-0.05, 0) is 32.9 Å². The molecule has 1 aromatic rings. The van der Waals surface area contributed by atoms with Gasteiger partial charge in [-0.25, -0.2) is 0 Å². The van der Waals surface area contributed by atoms with Gasteiger partial charge in [-0.15, -0.1) is 0 Å². The fourth-order valence-corrected chi connectivity index (χ4v) is 1.96. The Morgan fingerprint density at radius 1 is 0.867 bits per heavy atom. The second kappa shape index (κ2) is 7.37. The highest BCUT2D eigenvalue weighted by Crippen LogP contribution is 2.21. The van der Waals surface area contributed by atoms with Crippen LogP contribution in [0.3, 0.4) is 0 Å². The first kappa shape index (κ1) is 16.5. The Kier molecular flexibility index (Phi) is 8.11. The van der Waals surface area contributed by atoms with Crippen molar-refractivity contribution in [1.29, 1.82) is 0 Å². The summed E-state index contributed by atoms with van der Waals surface area (Å²) in [6.45, 7) is 10.3. The molecule has 88 valence electrons. The molecule has 0 saturated heterocycles. The summed E-state index contributed by atoms with van der Waals surface area (Å²) in [4.78, 5) is 0. The summed E-state index contributed by atoms with van der Waals surface area (Å²) in [5.74, 6) is 0. The maximum absolute atomic E-state index is 2.26. The van der Waals surface area contributed by atoms with E-state index in [0.29, 0.717) is 0 Å². The molecule has 3 N–H and O–H groups in total. The molecule has 0 spiro atoms. The van der Waals surface area contributed by atoms with Crippen molar-refractivity contribution in [2.45, 2.75) is 20.8 Å². The Bertz CT molecular complexity index is 237. The normalized spacial score (nSPS) is 10.1. The Morgan fingerprint density at radius 2 is 1.27 bits per heavy atom. The van der Waals surface area contributed by atoms with Gasteiger partial charge >= 0.3 is 0 Å². The highest BCUT2D eigenvalue weighted by Gasteiger charge is 2.23. The predicted octanol–water partition coefficient (Wildman–Crippen LogP) is 3.37. The second-order valence-electron chi connectivity index (χ2n) is 3.43. The minimum Gasteiger partial charge on any atom is -0.344 e. The fraction of sp³-hybridized carbons (Fsp3) is 0.500. The molecule has 0 aliphatic rings. The van der Waals surface area contributed by atoms with E-state index < -0.39 is 0 Å². The van der Waals surface area contributed by atoms with E-state index in [1.54, 1.807) is 0 Å². The number of halogens is 1. The molecule has 0 heterocycles. The van der Waals surface area contributed by atoms with Crippen molar-refractivity contribution in [2.24, 2.45) is 0 Å². The van der Waals surface area contributed by atoms with Crippen LogP contribution in [0, 0.1) is 0 Å². The van der Waals surface area contributed by atoms with E-state index in [1.807, 2.05) is 0 Å². The van der Waals surface area contributed by atoms with E-state index in [4.69, 9.17) is 0 Å². The Hall–Kier alpha value is -0.930. The van der Waals surface area contributed by atoms with Crippen LogP contribution < -0.4 is 10.6 Å². The molecule has 0 saturated carbocycles. The van der Waals surface area contributed by atoms with Gasteiger partial charge in [0, 0.05) is 0 Å². The molecule has 0 fully saturated rings. The number of hydrogen-bond acceptors (Lipinski definition) is 1. The molecule has 0 bridgehead atoms. The van der Waals surface area contributed by atoms with Gasteiger partial charge in [0.1, 0.15) is 5.69 Å². The Labute approximate surface area is 92.5 Å². The Balaban J connectivity index is 0. The zero-order chi connectivity index (χ0) is 9.73. The average molecular weight is 215 g/mol. The van der Waals surface area contributed by atoms with Crippen LogP contribution in [0.15, 0.2) is 30.3 Å². The topological polar surface area (TPSA) is 35.0 Å². The number of nitrogens with zero attached hydrogens (tertiary/aromatic N) is 1. The number of para-hydroxylation sites is 1. The van der Waals surface area contributed by atoms with Crippen LogP contribution in [0.1, 0.15) is 20.8 Å². The van der Waals surface area contributed by atoms with Crippen molar-refractivity contribution in [3.63, 3.8) is 0 Å². The van der Waals surface area contributed by atoms with Crippen LogP contribution in [-0.4, -0.2) is 19.6 Å². The van der Waals surface area contributed by atoms with Gasteiger partial charge in [0.05, 0.1) is 19.6 Å². The quantitative estimate of drug-likeness (QED) is 0.768. The highest BCUT2D eigenvalue weighted by molar-refractivity contribution is 5.42. The molecule has 0 radical (unpaired) electrons. The van der Waals surface area contributed by atoms with E-state index in [0.717, 1.165) is 4.48 Å². The third kappa shape index (κ3) is 3.29. The van der Waals surface area contributed by atoms with Gasteiger partial charge < -0.3 is 6.15 Å². The van der Waals surface area contributed by atoms with E-state index >= 15 is 0 Å². The Morgan fingerprint density at radius 3 is 1.60 bits per heavy atom. The standard InChI is InChI=1S/C12H20N.FH.H3N/c1-4-13(5-2,6-3)12-10-8-7-9-11-12;;/h7-11H,4-6H2,1-3H3;1H;1H3/q+1;;. The maximum Gasteiger partial charge on any atom is 0.132 e. The molecule has 0 amide bonds. The SMILES string of the molecule is CC[N+](CC)(CC)c1ccccc1.F.N. The molecule has 0 aliphatic heterocycles. The third-order valence-electron chi connectivity index (χ3n) is 3.12. The lowest BCUT2D eigenvalue weighted by Gasteiger charge is -2.35. The molecule has 1 aromatic carbocycles. The van der Waals surface area contributed by atoms with Crippen LogP contribution in [-0.2, 0) is 0 Å². The minimum absolute atomic E-state index is 0. The molecule has 0 unspecified atom stereocenters. The lowest BCUT2D eigenvalue weighted by Crippen LogP contribution is -2.48. The highest BCUT2D eigenvalue weighted by atomic mass is 19.0. The first-order valence-corrected chi connectivity index (χ1v) is 5.20. The molecular formula is C12H24FN2+. The summed E-state index contributed by atoms with van der Waals surface area (Å²) in [6.07, 6.45) is 0. The molecule has 0 aliphatic carbocycles. The third-order valence-corrected chi connectivity index (χ3v) is 3.12. The van der Waals surface area contributed by atoms with Crippen molar-refractivity contribution in [3.05, 3.63) is 30.3 Å². The second-order valence-corrected chi connectivity index (χ2v) is 3.43. The lowest BCUT2D eigenvalue weighted by molar-refractivity contribution is 0.316. The van der Waals surface area contributed by atoms with Gasteiger partial charge in [0.25, 0.3) is 0 Å². The van der Waals surface area contributed by atoms with E-state index in [1.165, 1.54) is 25.3 Å². The van der Waals surface area contributed by atoms with E-state index in [2.05, 4.69) is 51.1 Å². The minimum atomic E-state index is 0. The molecule has 3 heteroatoms. The fourth-order valence-electron chi connectivity index (χ4n) is 1.96. The number of rotatable bonds is 4. The first-order chi connectivity index (χ1) is 6.29. The summed E-state index contributed by atoms with van der Waals surface area (Å²) in [7, 11) is 0. The van der Waals surface area contributed by atoms with Crippen LogP contribution in [0.2, 0.25) is 0 Å². The summed E-state index contributed by atoms with van der Waals surface area (Å²) in [6, 6.07) is 10.8. The van der Waals surface area contributed by atoms with E-state index in [9.17, 15) is 0 Å². The smallest absolute Gasteiger partial charge is 0.132 e. The molecule has 2 nitrogen and oxygen atoms in total. The molecule has 15 heavy (non-hydrogen) atoms. The average Bonchev–Trinajstić information content (AvgIpc) is 2.23. The van der Waals surface area contributed by atoms with Crippen LogP contribution >= 0.6 is 0 Å². The van der Waals surface area contributed by atoms with Gasteiger partial charge in [-0.2, -0.15) is 0 Å². The number of benzene rings is 1. The largest absolute Gasteiger partial charge is 0.344 e. The maximum atomic E-state index is 2.26. The number of quaternary nitrogens is 1. The lowest BCUT2D eigenvalue weighted by atomic mass is 10.2. The van der Waals surface area contributed by atoms with Crippen molar-refractivity contribution >= 4 is 5.69 Å². The molecular weight excluding hydrogens is 191 g/mol. The van der Waals surface area contributed by atoms with Crippen molar-refractivity contribution in [1.82, 2.24) is 10.6 Å². The zero-order valence-electron chi connectivity index (χ0n) is 10.1. The van der Waals surface area contributed by atoms with Crippen LogP contribution in [0.4, 0.5) is 10.4 Å². The van der Waals surface area contributed by atoms with Gasteiger partial charge in [0.15, 0.2) is 0 Å². The summed E-state index contributed by atoms with van der Waals surface area (Å²) >= 11 is 0. The summed E-state index contributed by atoms with van der Waals surface area (Å²) < 4.78 is 1.10. The monoisotopic (exact) mass is 215 g/mol. The van der Waals surface area contributed by atoms with Gasteiger partial charge in [0.2, 0.25) is 0 Å². The molecule has 0 aromatic heterocycles. The molecule has 1 rings (SSSR count). The molecule has 0 atom stereocenters. The number of hydrogen-bond donors (Lipinski definition) is 1. The summed E-state index contributed by atoms with van der Waals surface area (Å²) in [5.41, 5.74) is 1.44. The van der Waals surface area contributed by atoms with Gasteiger partial charge in [-0.3, -0.25) is 9.19 Å². The van der Waals surface area contributed by atoms with Crippen molar-refractivity contribution in [2.75, 3.05) is 19.6 Å². The van der Waals surface area contributed by atoms with E-state index in [-0.39, 0.29) is 10.9 Å². The zero-order valence-corrected chi connectivity index (χ0v) is 10.1. The predicted molar refractivity (Wildman–Crippen MR) is 67.4 cm³/mol.